The summed E-state index contributed by atoms with van der Waals surface area (Å²) in [5, 5.41) is 1.03. The molecule has 4 aromatic rings. The number of imide groups is 1. The van der Waals surface area contributed by atoms with Crippen molar-refractivity contribution in [3.05, 3.63) is 90.3 Å². The molecule has 1 unspecified atom stereocenters. The fraction of sp³-hybridized carbons (Fsp3) is 0.125. The first kappa shape index (κ1) is 17.4. The molecule has 3 heterocycles. The number of benzene rings is 2. The summed E-state index contributed by atoms with van der Waals surface area (Å²) in [7, 11) is 0. The van der Waals surface area contributed by atoms with E-state index in [2.05, 4.69) is 4.98 Å². The highest BCUT2D eigenvalue weighted by Crippen LogP contribution is 2.37. The van der Waals surface area contributed by atoms with Crippen LogP contribution in [0.4, 0.5) is 5.69 Å². The highest BCUT2D eigenvalue weighted by Gasteiger charge is 2.42. The fourth-order valence-corrected chi connectivity index (χ4v) is 4.16. The average Bonchev–Trinajstić information content (AvgIpc) is 3.27. The molecule has 5 nitrogen and oxygen atoms in total. The van der Waals surface area contributed by atoms with Gasteiger partial charge in [0.1, 0.15) is 5.82 Å². The van der Waals surface area contributed by atoms with Gasteiger partial charge in [-0.25, -0.2) is 9.88 Å². The standard InChI is InChI=1S/C24H19N3O2/c1-16-8-7-9-17-14-20(27(23(16)17)21-12-5-6-13-25-21)19-15-22(28)26(24(19)29)18-10-3-2-4-11-18/h2-14,19H,15H2,1H3. The third-order valence-corrected chi connectivity index (χ3v) is 5.45. The van der Waals surface area contributed by atoms with Gasteiger partial charge in [-0.1, -0.05) is 42.5 Å². The number of carbonyl (C=O) groups is 2. The number of pyridine rings is 1. The molecule has 2 amide bonds. The summed E-state index contributed by atoms with van der Waals surface area (Å²) in [6, 6.07) is 22.9. The molecular formula is C24H19N3O2. The number of fused-ring (bicyclic) bond motifs is 1. The van der Waals surface area contributed by atoms with E-state index in [4.69, 9.17) is 0 Å². The zero-order chi connectivity index (χ0) is 20.0. The van der Waals surface area contributed by atoms with E-state index in [1.165, 1.54) is 4.90 Å². The van der Waals surface area contributed by atoms with Crippen LogP contribution in [0, 0.1) is 6.92 Å². The molecule has 29 heavy (non-hydrogen) atoms. The number of hydrogen-bond acceptors (Lipinski definition) is 3. The van der Waals surface area contributed by atoms with Crippen molar-refractivity contribution in [1.29, 1.82) is 0 Å². The minimum Gasteiger partial charge on any atom is -0.297 e. The number of aromatic nitrogens is 2. The Kier molecular flexibility index (Phi) is 4.02. The van der Waals surface area contributed by atoms with Crippen LogP contribution < -0.4 is 4.90 Å². The van der Waals surface area contributed by atoms with E-state index in [9.17, 15) is 9.59 Å². The zero-order valence-corrected chi connectivity index (χ0v) is 15.9. The molecule has 0 N–H and O–H groups in total. The number of amides is 2. The molecule has 1 aliphatic rings. The smallest absolute Gasteiger partial charge is 0.243 e. The van der Waals surface area contributed by atoms with Crippen LogP contribution in [-0.4, -0.2) is 21.4 Å². The van der Waals surface area contributed by atoms with Crippen molar-refractivity contribution in [3.63, 3.8) is 0 Å². The Hall–Kier alpha value is -3.73. The topological polar surface area (TPSA) is 55.2 Å². The van der Waals surface area contributed by atoms with Gasteiger partial charge in [-0.3, -0.25) is 14.2 Å². The maximum atomic E-state index is 13.3. The molecule has 0 spiro atoms. The van der Waals surface area contributed by atoms with Crippen LogP contribution in [0.5, 0.6) is 0 Å². The van der Waals surface area contributed by atoms with E-state index < -0.39 is 5.92 Å². The largest absolute Gasteiger partial charge is 0.297 e. The molecule has 142 valence electrons. The van der Waals surface area contributed by atoms with Crippen LogP contribution in [0.2, 0.25) is 0 Å². The van der Waals surface area contributed by atoms with E-state index in [1.54, 1.807) is 18.3 Å². The number of hydrogen-bond donors (Lipinski definition) is 0. The molecule has 1 fully saturated rings. The normalized spacial score (nSPS) is 16.7. The van der Waals surface area contributed by atoms with Crippen LogP contribution >= 0.6 is 0 Å². The molecule has 2 aromatic carbocycles. The zero-order valence-electron chi connectivity index (χ0n) is 15.9. The molecule has 2 aromatic heterocycles. The van der Waals surface area contributed by atoms with Gasteiger partial charge < -0.3 is 0 Å². The van der Waals surface area contributed by atoms with Crippen molar-refractivity contribution < 1.29 is 9.59 Å². The minimum absolute atomic E-state index is 0.149. The summed E-state index contributed by atoms with van der Waals surface area (Å²) in [4.78, 5) is 31.9. The van der Waals surface area contributed by atoms with Crippen molar-refractivity contribution in [3.8, 4) is 5.82 Å². The third-order valence-electron chi connectivity index (χ3n) is 5.45. The Morgan fingerprint density at radius 1 is 0.931 bits per heavy atom. The molecule has 5 rings (SSSR count). The van der Waals surface area contributed by atoms with Crippen molar-refractivity contribution in [2.45, 2.75) is 19.3 Å². The maximum Gasteiger partial charge on any atom is 0.243 e. The number of para-hydroxylation sites is 2. The van der Waals surface area contributed by atoms with E-state index >= 15 is 0 Å². The summed E-state index contributed by atoms with van der Waals surface area (Å²) >= 11 is 0. The highest BCUT2D eigenvalue weighted by atomic mass is 16.2. The third kappa shape index (κ3) is 2.74. The second kappa shape index (κ2) is 6.71. The van der Waals surface area contributed by atoms with Crippen LogP contribution in [0.15, 0.2) is 79.0 Å². The number of anilines is 1. The summed E-state index contributed by atoms with van der Waals surface area (Å²) in [5.74, 6) is -0.179. The van der Waals surface area contributed by atoms with Crippen LogP contribution in [0.25, 0.3) is 16.7 Å². The SMILES string of the molecule is Cc1cccc2cc(C3CC(=O)N(c4ccccc4)C3=O)n(-c3ccccn3)c12. The Balaban J connectivity index is 1.69. The lowest BCUT2D eigenvalue weighted by Gasteiger charge is -2.17. The van der Waals surface area contributed by atoms with Gasteiger partial charge in [0, 0.05) is 23.7 Å². The second-order valence-electron chi connectivity index (χ2n) is 7.26. The van der Waals surface area contributed by atoms with Crippen LogP contribution in [0.1, 0.15) is 23.6 Å². The molecular weight excluding hydrogens is 362 g/mol. The average molecular weight is 381 g/mol. The first-order chi connectivity index (χ1) is 14.1. The summed E-state index contributed by atoms with van der Waals surface area (Å²) in [6.45, 7) is 2.05. The maximum absolute atomic E-state index is 13.3. The lowest BCUT2D eigenvalue weighted by Crippen LogP contribution is -2.30. The van der Waals surface area contributed by atoms with Gasteiger partial charge in [0.15, 0.2) is 0 Å². The Bertz CT molecular complexity index is 1230. The number of carbonyl (C=O) groups excluding carboxylic acids is 2. The van der Waals surface area contributed by atoms with E-state index in [0.29, 0.717) is 5.69 Å². The molecule has 0 saturated carbocycles. The fourth-order valence-electron chi connectivity index (χ4n) is 4.16. The van der Waals surface area contributed by atoms with Crippen LogP contribution in [-0.2, 0) is 9.59 Å². The Labute approximate surface area is 168 Å². The monoisotopic (exact) mass is 381 g/mol. The lowest BCUT2D eigenvalue weighted by atomic mass is 10.0. The van der Waals surface area contributed by atoms with Gasteiger partial charge in [-0.05, 0) is 42.8 Å². The van der Waals surface area contributed by atoms with Gasteiger partial charge in [0.2, 0.25) is 11.8 Å². The Morgan fingerprint density at radius 3 is 2.48 bits per heavy atom. The van der Waals surface area contributed by atoms with E-state index in [1.807, 2.05) is 72.2 Å². The quantitative estimate of drug-likeness (QED) is 0.495. The van der Waals surface area contributed by atoms with Gasteiger partial charge >= 0.3 is 0 Å². The first-order valence-electron chi connectivity index (χ1n) is 9.59. The van der Waals surface area contributed by atoms with Gasteiger partial charge in [-0.15, -0.1) is 0 Å². The van der Waals surface area contributed by atoms with Crippen LogP contribution in [0.3, 0.4) is 0 Å². The molecule has 1 atom stereocenters. The lowest BCUT2D eigenvalue weighted by molar-refractivity contribution is -0.121. The first-order valence-corrected chi connectivity index (χ1v) is 9.59. The molecule has 1 aliphatic heterocycles. The van der Waals surface area contributed by atoms with E-state index in [0.717, 1.165) is 28.0 Å². The van der Waals surface area contributed by atoms with Gasteiger partial charge in [-0.2, -0.15) is 0 Å². The van der Waals surface area contributed by atoms with Crippen molar-refractivity contribution in [2.24, 2.45) is 0 Å². The van der Waals surface area contributed by atoms with Crippen molar-refractivity contribution in [1.82, 2.24) is 9.55 Å². The number of aryl methyl sites for hydroxylation is 1. The van der Waals surface area contributed by atoms with Crippen molar-refractivity contribution in [2.75, 3.05) is 4.90 Å². The Morgan fingerprint density at radius 2 is 1.72 bits per heavy atom. The number of rotatable bonds is 3. The van der Waals surface area contributed by atoms with E-state index in [-0.39, 0.29) is 18.2 Å². The molecule has 0 radical (unpaired) electrons. The van der Waals surface area contributed by atoms with Gasteiger partial charge in [0.25, 0.3) is 0 Å². The minimum atomic E-state index is -0.545. The number of nitrogens with zero attached hydrogens (tertiary/aromatic N) is 3. The summed E-state index contributed by atoms with van der Waals surface area (Å²) < 4.78 is 2.02. The summed E-state index contributed by atoms with van der Waals surface area (Å²) in [6.07, 6.45) is 1.89. The van der Waals surface area contributed by atoms with Gasteiger partial charge in [0.05, 0.1) is 17.1 Å². The highest BCUT2D eigenvalue weighted by molar-refractivity contribution is 6.22. The molecule has 0 aliphatic carbocycles. The predicted octanol–water partition coefficient (Wildman–Crippen LogP) is 4.38. The van der Waals surface area contributed by atoms with Crippen molar-refractivity contribution >= 4 is 28.4 Å². The molecule has 0 bridgehead atoms. The molecule has 5 heteroatoms. The second-order valence-corrected chi connectivity index (χ2v) is 7.26. The molecule has 1 saturated heterocycles. The summed E-state index contributed by atoms with van der Waals surface area (Å²) in [5.41, 5.74) is 3.52. The predicted molar refractivity (Wildman–Crippen MR) is 112 cm³/mol.